The Balaban J connectivity index is 1.57. The van der Waals surface area contributed by atoms with Crippen molar-refractivity contribution in [2.45, 2.75) is 52.5 Å². The average molecular weight is 430 g/mol. The second kappa shape index (κ2) is 10.1. The molecule has 0 fully saturated rings. The summed E-state index contributed by atoms with van der Waals surface area (Å²) in [6.45, 7) is 4.60. The molecule has 0 amide bonds. The second-order valence-corrected chi connectivity index (χ2v) is 7.74. The minimum absolute atomic E-state index is 0.0191. The molecule has 0 saturated heterocycles. The minimum atomic E-state index is -0.0191. The van der Waals surface area contributed by atoms with Crippen molar-refractivity contribution < 1.29 is 4.79 Å². The molecule has 0 aliphatic rings. The number of rotatable bonds is 10. The first-order valence-corrected chi connectivity index (χ1v) is 11.1. The third-order valence-corrected chi connectivity index (χ3v) is 5.45. The lowest BCUT2D eigenvalue weighted by Gasteiger charge is -2.09. The van der Waals surface area contributed by atoms with E-state index in [0.29, 0.717) is 24.6 Å². The van der Waals surface area contributed by atoms with E-state index in [0.717, 1.165) is 53.8 Å². The van der Waals surface area contributed by atoms with Crippen LogP contribution >= 0.6 is 0 Å². The molecule has 0 radical (unpaired) electrons. The monoisotopic (exact) mass is 429 g/mol. The fourth-order valence-corrected chi connectivity index (χ4v) is 3.67. The van der Waals surface area contributed by atoms with Crippen molar-refractivity contribution >= 4 is 5.78 Å². The van der Waals surface area contributed by atoms with E-state index < -0.39 is 0 Å². The summed E-state index contributed by atoms with van der Waals surface area (Å²) in [5.41, 5.74) is 4.17. The van der Waals surface area contributed by atoms with Gasteiger partial charge in [-0.25, -0.2) is 14.8 Å². The van der Waals surface area contributed by atoms with Crippen LogP contribution in [0.5, 0.6) is 0 Å². The zero-order valence-electron chi connectivity index (χ0n) is 18.5. The molecule has 8 heteroatoms. The van der Waals surface area contributed by atoms with Crippen LogP contribution in [0.25, 0.3) is 22.5 Å². The van der Waals surface area contributed by atoms with E-state index in [2.05, 4.69) is 68.0 Å². The van der Waals surface area contributed by atoms with Gasteiger partial charge in [0.2, 0.25) is 11.6 Å². The van der Waals surface area contributed by atoms with Gasteiger partial charge in [-0.2, -0.15) is 0 Å². The summed E-state index contributed by atoms with van der Waals surface area (Å²) in [5, 5.41) is 18.8. The molecule has 0 saturated carbocycles. The second-order valence-electron chi connectivity index (χ2n) is 7.74. The highest BCUT2D eigenvalue weighted by atomic mass is 16.1. The van der Waals surface area contributed by atoms with E-state index in [1.807, 2.05) is 29.8 Å². The third kappa shape index (κ3) is 4.80. The number of hydrogen-bond donors (Lipinski definition) is 1. The molecule has 32 heavy (non-hydrogen) atoms. The van der Waals surface area contributed by atoms with E-state index >= 15 is 0 Å². The van der Waals surface area contributed by atoms with Crippen molar-refractivity contribution in [2.24, 2.45) is 0 Å². The molecule has 2 aromatic heterocycles. The summed E-state index contributed by atoms with van der Waals surface area (Å²) in [6.07, 6.45) is 4.56. The Bertz CT molecular complexity index is 1160. The Labute approximate surface area is 187 Å². The van der Waals surface area contributed by atoms with Crippen LogP contribution in [0.4, 0.5) is 0 Å². The number of nitrogens with one attached hydrogen (secondary N) is 1. The van der Waals surface area contributed by atoms with Gasteiger partial charge in [0.05, 0.1) is 6.54 Å². The predicted molar refractivity (Wildman–Crippen MR) is 122 cm³/mol. The third-order valence-electron chi connectivity index (χ3n) is 5.45. The maximum Gasteiger partial charge on any atom is 0.217 e. The Morgan fingerprint density at radius 2 is 1.78 bits per heavy atom. The van der Waals surface area contributed by atoms with Gasteiger partial charge in [0.1, 0.15) is 5.82 Å². The number of aromatic nitrogens is 7. The number of hydrogen-bond acceptors (Lipinski definition) is 6. The van der Waals surface area contributed by atoms with Crippen LogP contribution in [0.1, 0.15) is 61.5 Å². The topological polar surface area (TPSA) is 102 Å². The number of carbonyl (C=O) groups excluding carboxylic acids is 1. The maximum absolute atomic E-state index is 12.1. The Hall–Kier alpha value is -3.68. The smallest absolute Gasteiger partial charge is 0.217 e. The predicted octanol–water partition coefficient (Wildman–Crippen LogP) is 4.50. The molecule has 0 bridgehead atoms. The Kier molecular flexibility index (Phi) is 6.79. The number of nitrogens with zero attached hydrogens (tertiary/aromatic N) is 6. The van der Waals surface area contributed by atoms with Crippen LogP contribution in [-0.4, -0.2) is 41.2 Å². The normalized spacial score (nSPS) is 11.1. The molecule has 0 spiro atoms. The number of tetrazole rings is 1. The van der Waals surface area contributed by atoms with E-state index in [-0.39, 0.29) is 5.78 Å². The standard InChI is InChI=1S/C24H27N7O/c1-3-5-6-11-22-25-24(21(32)4-2)28-31(22)16-17-12-14-18(15-13-17)19-9-7-8-10-20(19)23-26-29-30-27-23/h7-10,12-15H,3-6,11,16H2,1-2H3,(H,26,27,29,30). The maximum atomic E-state index is 12.1. The van der Waals surface area contributed by atoms with Crippen LogP contribution in [0.15, 0.2) is 48.5 Å². The fraction of sp³-hybridized carbons (Fsp3) is 0.333. The lowest BCUT2D eigenvalue weighted by atomic mass is 9.98. The number of ketones is 1. The molecule has 0 aliphatic carbocycles. The lowest BCUT2D eigenvalue weighted by molar-refractivity contribution is 0.0978. The van der Waals surface area contributed by atoms with Crippen molar-refractivity contribution in [1.82, 2.24) is 35.4 Å². The van der Waals surface area contributed by atoms with Crippen LogP contribution < -0.4 is 0 Å². The molecule has 1 N–H and O–H groups in total. The van der Waals surface area contributed by atoms with Gasteiger partial charge >= 0.3 is 0 Å². The average Bonchev–Trinajstić information content (AvgIpc) is 3.50. The highest BCUT2D eigenvalue weighted by Crippen LogP contribution is 2.29. The molecule has 0 unspecified atom stereocenters. The quantitative estimate of drug-likeness (QED) is 0.294. The molecule has 4 rings (SSSR count). The fourth-order valence-electron chi connectivity index (χ4n) is 3.67. The molecule has 8 nitrogen and oxygen atoms in total. The van der Waals surface area contributed by atoms with Crippen molar-refractivity contribution in [2.75, 3.05) is 0 Å². The summed E-state index contributed by atoms with van der Waals surface area (Å²) < 4.78 is 1.88. The molecule has 0 aliphatic heterocycles. The Morgan fingerprint density at radius 3 is 2.47 bits per heavy atom. The zero-order valence-corrected chi connectivity index (χ0v) is 18.5. The van der Waals surface area contributed by atoms with E-state index in [4.69, 9.17) is 0 Å². The molecular weight excluding hydrogens is 402 g/mol. The summed E-state index contributed by atoms with van der Waals surface area (Å²) in [6, 6.07) is 16.4. The van der Waals surface area contributed by atoms with Crippen molar-refractivity contribution in [3.63, 3.8) is 0 Å². The summed E-state index contributed by atoms with van der Waals surface area (Å²) in [5.74, 6) is 1.82. The molecule has 2 aromatic carbocycles. The van der Waals surface area contributed by atoms with Gasteiger partial charge in [-0.1, -0.05) is 75.2 Å². The number of Topliss-reactive ketones (excluding diaryl/α,β-unsaturated/α-hetero) is 1. The largest absolute Gasteiger partial charge is 0.291 e. The van der Waals surface area contributed by atoms with Gasteiger partial charge in [0.25, 0.3) is 0 Å². The number of aryl methyl sites for hydroxylation is 1. The number of carbonyl (C=O) groups is 1. The van der Waals surface area contributed by atoms with E-state index in [1.54, 1.807) is 0 Å². The van der Waals surface area contributed by atoms with Gasteiger partial charge in [-0.3, -0.25) is 4.79 Å². The molecule has 0 atom stereocenters. The molecule has 164 valence electrons. The van der Waals surface area contributed by atoms with Crippen LogP contribution in [0, 0.1) is 0 Å². The van der Waals surface area contributed by atoms with Gasteiger partial charge < -0.3 is 0 Å². The lowest BCUT2D eigenvalue weighted by Crippen LogP contribution is -2.08. The van der Waals surface area contributed by atoms with Gasteiger partial charge in [-0.15, -0.1) is 10.2 Å². The molecular formula is C24H27N7O. The molecule has 2 heterocycles. The Morgan fingerprint density at radius 1 is 1.00 bits per heavy atom. The summed E-state index contributed by atoms with van der Waals surface area (Å²) in [4.78, 5) is 16.7. The first-order chi connectivity index (χ1) is 15.7. The highest BCUT2D eigenvalue weighted by Gasteiger charge is 2.15. The van der Waals surface area contributed by atoms with Crippen molar-refractivity contribution in [3.05, 3.63) is 65.7 Å². The van der Waals surface area contributed by atoms with Crippen molar-refractivity contribution in [3.8, 4) is 22.5 Å². The SMILES string of the molecule is CCCCCc1nc(C(=O)CC)nn1Cc1ccc(-c2ccccc2-c2nnn[nH]2)cc1. The van der Waals surface area contributed by atoms with E-state index in [1.165, 1.54) is 0 Å². The van der Waals surface area contributed by atoms with Crippen LogP contribution in [0.3, 0.4) is 0 Å². The van der Waals surface area contributed by atoms with E-state index in [9.17, 15) is 4.79 Å². The first-order valence-electron chi connectivity index (χ1n) is 11.1. The van der Waals surface area contributed by atoms with Gasteiger partial charge in [0.15, 0.2) is 5.82 Å². The minimum Gasteiger partial charge on any atom is -0.291 e. The van der Waals surface area contributed by atoms with Gasteiger partial charge in [-0.05, 0) is 33.5 Å². The number of aromatic amines is 1. The van der Waals surface area contributed by atoms with Crippen molar-refractivity contribution in [1.29, 1.82) is 0 Å². The summed E-state index contributed by atoms with van der Waals surface area (Å²) in [7, 11) is 0. The number of unbranched alkanes of at least 4 members (excludes halogenated alkanes) is 2. The van der Waals surface area contributed by atoms with Gasteiger partial charge in [0, 0.05) is 18.4 Å². The summed E-state index contributed by atoms with van der Waals surface area (Å²) >= 11 is 0. The van der Waals surface area contributed by atoms with Crippen LogP contribution in [0.2, 0.25) is 0 Å². The van der Waals surface area contributed by atoms with Crippen LogP contribution in [-0.2, 0) is 13.0 Å². The highest BCUT2D eigenvalue weighted by molar-refractivity contribution is 5.92. The number of benzene rings is 2. The zero-order chi connectivity index (χ0) is 22.3. The number of H-pyrrole nitrogens is 1. The first kappa shape index (κ1) is 21.5. The molecule has 4 aromatic rings.